The summed E-state index contributed by atoms with van der Waals surface area (Å²) in [6.07, 6.45) is 8.31. The molecule has 27 heavy (non-hydrogen) atoms. The van der Waals surface area contributed by atoms with Gasteiger partial charge >= 0.3 is 0 Å². The molecule has 0 N–H and O–H groups in total. The van der Waals surface area contributed by atoms with Gasteiger partial charge in [-0.1, -0.05) is 13.0 Å². The molecule has 3 saturated carbocycles. The molecule has 0 radical (unpaired) electrons. The van der Waals surface area contributed by atoms with Crippen LogP contribution < -0.4 is 9.26 Å². The average molecular weight is 556 g/mol. The van der Waals surface area contributed by atoms with E-state index in [1.165, 1.54) is 24.0 Å². The molecule has 0 aromatic heterocycles. The summed E-state index contributed by atoms with van der Waals surface area (Å²) < 4.78 is 18.6. The van der Waals surface area contributed by atoms with E-state index < -0.39 is 0 Å². The largest absolute Gasteiger partial charge is 0.485 e. The van der Waals surface area contributed by atoms with Gasteiger partial charge in [-0.25, -0.2) is 0 Å². The maximum atomic E-state index is 6.78. The van der Waals surface area contributed by atoms with Crippen molar-refractivity contribution in [3.63, 3.8) is 0 Å². The smallest absolute Gasteiger partial charge is 0.166 e. The Hall–Kier alpha value is -0.142. The van der Waals surface area contributed by atoms with Crippen LogP contribution in [0.2, 0.25) is 0 Å². The molecule has 4 aliphatic carbocycles. The van der Waals surface area contributed by atoms with Gasteiger partial charge in [0.2, 0.25) is 0 Å². The van der Waals surface area contributed by atoms with Crippen LogP contribution in [0, 0.1) is 11.8 Å². The molecule has 1 saturated heterocycles. The fraction of sp³-hybridized carbons (Fsp3) is 0.667. The van der Waals surface area contributed by atoms with Gasteiger partial charge in [0.05, 0.1) is 9.47 Å². The second kappa shape index (κ2) is 5.94. The molecule has 6 aliphatic rings. The summed E-state index contributed by atoms with van der Waals surface area (Å²) in [5.74, 6) is 1.85. The predicted molar refractivity (Wildman–Crippen MR) is 103 cm³/mol. The van der Waals surface area contributed by atoms with E-state index in [0.717, 1.165) is 43.9 Å². The third kappa shape index (κ3) is 1.86. The molecule has 6 atom stereocenters. The van der Waals surface area contributed by atoms with E-state index in [-0.39, 0.29) is 43.6 Å². The molecule has 2 spiro atoms. The second-order valence-corrected chi connectivity index (χ2v) is 9.07. The van der Waals surface area contributed by atoms with Crippen molar-refractivity contribution >= 4 is 9.47 Å². The van der Waals surface area contributed by atoms with E-state index in [0.29, 0.717) is 6.04 Å². The number of ether oxygens (including phenoxy) is 2. The molecule has 4 fully saturated rings. The van der Waals surface area contributed by atoms with E-state index >= 15 is 0 Å². The van der Waals surface area contributed by atoms with E-state index in [1.54, 1.807) is 0 Å². The number of likely N-dealkylation sites (tertiary alicyclic amines) is 1. The summed E-state index contributed by atoms with van der Waals surface area (Å²) in [6, 6.07) is 4.99. The molecule has 146 valence electrons. The summed E-state index contributed by atoms with van der Waals surface area (Å²) in [7, 11) is 4.27. The molecule has 4 nitrogen and oxygen atoms in total. The van der Waals surface area contributed by atoms with Gasteiger partial charge in [-0.05, 0) is 61.4 Å². The molecular formula is C21H27NO3PW-. The predicted octanol–water partition coefficient (Wildman–Crippen LogP) is 3.28. The summed E-state index contributed by atoms with van der Waals surface area (Å²) >= 11 is 0. The molecule has 2 aliphatic heterocycles. The van der Waals surface area contributed by atoms with Gasteiger partial charge in [0.15, 0.2) is 11.5 Å². The van der Waals surface area contributed by atoms with Crippen LogP contribution in [0.3, 0.4) is 0 Å². The monoisotopic (exact) mass is 556 g/mol. The van der Waals surface area contributed by atoms with Crippen LogP contribution in [-0.4, -0.2) is 42.8 Å². The summed E-state index contributed by atoms with van der Waals surface area (Å²) in [5.41, 5.74) is 3.04. The first-order chi connectivity index (χ1) is 12.7. The zero-order valence-electron chi connectivity index (χ0n) is 16.0. The van der Waals surface area contributed by atoms with Crippen molar-refractivity contribution in [3.8, 4) is 11.5 Å². The first-order valence-corrected chi connectivity index (χ1v) is 10.5. The minimum atomic E-state index is -0.257. The molecular weight excluding hydrogens is 529 g/mol. The van der Waals surface area contributed by atoms with Crippen molar-refractivity contribution in [1.29, 1.82) is 0 Å². The molecule has 0 amide bonds. The Labute approximate surface area is 178 Å². The van der Waals surface area contributed by atoms with Crippen molar-refractivity contribution in [2.75, 3.05) is 20.2 Å². The Morgan fingerprint density at radius 3 is 2.85 bits per heavy atom. The number of nitrogens with zero attached hydrogens (tertiary/aromatic N) is 1. The van der Waals surface area contributed by atoms with Gasteiger partial charge in [0, 0.05) is 45.2 Å². The molecule has 1 unspecified atom stereocenters. The molecule has 6 heteroatoms. The van der Waals surface area contributed by atoms with Gasteiger partial charge in [0.1, 0.15) is 6.10 Å². The number of rotatable bonds is 3. The molecule has 1 aromatic carbocycles. The van der Waals surface area contributed by atoms with Gasteiger partial charge in [-0.2, -0.15) is 6.42 Å². The maximum Gasteiger partial charge on any atom is 0.166 e. The number of hydrogen-bond acceptors (Lipinski definition) is 4. The first-order valence-electron chi connectivity index (χ1n) is 9.99. The fourth-order valence-corrected chi connectivity index (χ4v) is 7.79. The van der Waals surface area contributed by atoms with E-state index in [9.17, 15) is 0 Å². The molecule has 1 aromatic rings. The van der Waals surface area contributed by atoms with Gasteiger partial charge in [-0.3, -0.25) is 11.3 Å². The van der Waals surface area contributed by atoms with Crippen LogP contribution in [0.5, 0.6) is 11.5 Å². The van der Waals surface area contributed by atoms with Crippen LogP contribution in [0.15, 0.2) is 12.1 Å². The number of likely N-dealkylation sites (N-methyl/N-ethyl adjacent to an activating group) is 1. The van der Waals surface area contributed by atoms with Crippen LogP contribution >= 0.6 is 9.47 Å². The number of hydrogen-bond donors (Lipinski definition) is 0. The van der Waals surface area contributed by atoms with Gasteiger partial charge in [-0.15, -0.1) is 0 Å². The topological polar surface area (TPSA) is 30.9 Å². The Morgan fingerprint density at radius 1 is 1.33 bits per heavy atom. The quantitative estimate of drug-likeness (QED) is 0.423. The van der Waals surface area contributed by atoms with E-state index in [2.05, 4.69) is 39.8 Å². The second-order valence-electron chi connectivity index (χ2n) is 8.84. The minimum Gasteiger partial charge on any atom is -0.485 e. The normalized spacial score (nSPS) is 42.9. The van der Waals surface area contributed by atoms with Crippen molar-refractivity contribution in [2.24, 2.45) is 5.41 Å². The van der Waals surface area contributed by atoms with E-state index in [1.807, 2.05) is 7.11 Å². The van der Waals surface area contributed by atoms with Gasteiger partial charge in [0.25, 0.3) is 0 Å². The summed E-state index contributed by atoms with van der Waals surface area (Å²) in [4.78, 5) is 2.74. The average Bonchev–Trinajstić information content (AvgIpc) is 3.05. The third-order valence-electron chi connectivity index (χ3n) is 8.64. The third-order valence-corrected chi connectivity index (χ3v) is 8.90. The van der Waals surface area contributed by atoms with Gasteiger partial charge < -0.3 is 14.0 Å². The van der Waals surface area contributed by atoms with Crippen molar-refractivity contribution in [3.05, 3.63) is 29.7 Å². The van der Waals surface area contributed by atoms with E-state index in [4.69, 9.17) is 14.0 Å². The minimum absolute atomic E-state index is 0. The standard InChI is InChI=1S/C21H27NO3P.W/c1-3-22-11-10-21-16-13-4-5-14(25-26)17(16)24-18(21)20(23-2)8-6-19(21,7-9-20)15(22)12-13;/h4-5,8,15,18H,3,6-7,9-12,26H2,1-2H3;/q-1;/t15-,18+,19+,20+,21+;/m1./s1. The maximum absolute atomic E-state index is 6.78. The Kier molecular flexibility index (Phi) is 4.15. The van der Waals surface area contributed by atoms with Crippen molar-refractivity contribution in [1.82, 2.24) is 4.90 Å². The Morgan fingerprint density at radius 2 is 2.19 bits per heavy atom. The number of fused-ring (bicyclic) bond motifs is 2. The molecule has 2 heterocycles. The van der Waals surface area contributed by atoms with Crippen molar-refractivity contribution < 1.29 is 35.1 Å². The van der Waals surface area contributed by atoms with Crippen LogP contribution in [-0.2, 0) is 37.6 Å². The fourth-order valence-electron chi connectivity index (χ4n) is 7.60. The summed E-state index contributed by atoms with van der Waals surface area (Å²) in [6.45, 7) is 4.62. The Bertz CT molecular complexity index is 794. The number of methoxy groups -OCH3 is 1. The van der Waals surface area contributed by atoms with Crippen LogP contribution in [0.4, 0.5) is 0 Å². The zero-order chi connectivity index (χ0) is 17.7. The number of piperidine rings is 1. The number of benzene rings is 1. The SMILES string of the molecule is CCN1CC[C@]23c4c5ccc(OP)c4O[C@H]2[C@]2(OC)[CH-]C[C@]3(CC2)[C@H]1C5.[W]. The van der Waals surface area contributed by atoms with Crippen molar-refractivity contribution in [2.45, 2.75) is 62.2 Å². The molecule has 4 bridgehead atoms. The van der Waals surface area contributed by atoms with Crippen LogP contribution in [0.1, 0.15) is 43.7 Å². The summed E-state index contributed by atoms with van der Waals surface area (Å²) in [5, 5.41) is 0. The zero-order valence-corrected chi connectivity index (χ0v) is 20.1. The first kappa shape index (κ1) is 18.9. The van der Waals surface area contributed by atoms with Crippen LogP contribution in [0.25, 0.3) is 0 Å². The molecule has 7 rings (SSSR count). The Balaban J connectivity index is 0.00000160.